The van der Waals surface area contributed by atoms with Gasteiger partial charge < -0.3 is 5.32 Å². The van der Waals surface area contributed by atoms with E-state index in [-0.39, 0.29) is 0 Å². The fourth-order valence-corrected chi connectivity index (χ4v) is 1.86. The van der Waals surface area contributed by atoms with Crippen molar-refractivity contribution in [3.8, 4) is 0 Å². The van der Waals surface area contributed by atoms with Gasteiger partial charge in [0.15, 0.2) is 5.13 Å². The van der Waals surface area contributed by atoms with Crippen LogP contribution in [0.25, 0.3) is 0 Å². The van der Waals surface area contributed by atoms with Crippen molar-refractivity contribution >= 4 is 16.5 Å². The molecular formula is C10H18N2S. The summed E-state index contributed by atoms with van der Waals surface area (Å²) in [5.41, 5.74) is 1.15. The summed E-state index contributed by atoms with van der Waals surface area (Å²) in [5, 5.41) is 4.41. The molecule has 0 fully saturated rings. The molecule has 1 heterocycles. The predicted molar refractivity (Wildman–Crippen MR) is 59.5 cm³/mol. The van der Waals surface area contributed by atoms with Crippen LogP contribution in [0.5, 0.6) is 0 Å². The Labute approximate surface area is 84.4 Å². The van der Waals surface area contributed by atoms with Gasteiger partial charge >= 0.3 is 0 Å². The Kier molecular flexibility index (Phi) is 3.72. The van der Waals surface area contributed by atoms with E-state index in [0.717, 1.165) is 23.3 Å². The number of aryl methyl sites for hydroxylation is 2. The summed E-state index contributed by atoms with van der Waals surface area (Å²) in [4.78, 5) is 5.73. The van der Waals surface area contributed by atoms with E-state index >= 15 is 0 Å². The highest BCUT2D eigenvalue weighted by atomic mass is 32.1. The molecule has 0 saturated carbocycles. The van der Waals surface area contributed by atoms with E-state index in [1.165, 1.54) is 11.3 Å². The molecule has 1 aromatic heterocycles. The van der Waals surface area contributed by atoms with E-state index in [2.05, 4.69) is 38.0 Å². The molecule has 1 aromatic rings. The fourth-order valence-electron chi connectivity index (χ4n) is 1.02. The Balaban J connectivity index is 2.37. The molecule has 0 spiro atoms. The third-order valence-electron chi connectivity index (χ3n) is 2.03. The summed E-state index contributed by atoms with van der Waals surface area (Å²) < 4.78 is 0. The quantitative estimate of drug-likeness (QED) is 0.803. The van der Waals surface area contributed by atoms with Gasteiger partial charge in [-0.25, -0.2) is 4.98 Å². The number of anilines is 1. The third kappa shape index (κ3) is 3.35. The Bertz CT molecular complexity index is 246. The Hall–Kier alpha value is -0.570. The first-order valence-corrected chi connectivity index (χ1v) is 5.59. The molecule has 74 valence electrons. The molecule has 0 aromatic carbocycles. The van der Waals surface area contributed by atoms with Crippen LogP contribution in [-0.4, -0.2) is 11.5 Å². The van der Waals surface area contributed by atoms with E-state index in [0.29, 0.717) is 0 Å². The van der Waals surface area contributed by atoms with Crippen molar-refractivity contribution in [2.45, 2.75) is 34.1 Å². The van der Waals surface area contributed by atoms with Crippen molar-refractivity contribution in [1.82, 2.24) is 4.98 Å². The SMILES string of the molecule is Cc1nc(NCCC(C)C)sc1C. The van der Waals surface area contributed by atoms with Crippen molar-refractivity contribution in [1.29, 1.82) is 0 Å². The molecule has 0 aliphatic heterocycles. The largest absolute Gasteiger partial charge is 0.361 e. The number of nitrogens with one attached hydrogen (secondary N) is 1. The minimum absolute atomic E-state index is 0.759. The molecule has 0 aliphatic rings. The van der Waals surface area contributed by atoms with Gasteiger partial charge in [0.05, 0.1) is 5.69 Å². The van der Waals surface area contributed by atoms with Crippen LogP contribution in [0, 0.1) is 19.8 Å². The van der Waals surface area contributed by atoms with Gasteiger partial charge in [-0.15, -0.1) is 11.3 Å². The van der Waals surface area contributed by atoms with E-state index in [4.69, 9.17) is 0 Å². The van der Waals surface area contributed by atoms with E-state index in [1.807, 2.05) is 0 Å². The van der Waals surface area contributed by atoms with Gasteiger partial charge in [0.1, 0.15) is 0 Å². The first kappa shape index (κ1) is 10.5. The molecule has 1 rings (SSSR count). The van der Waals surface area contributed by atoms with Crippen molar-refractivity contribution in [3.05, 3.63) is 10.6 Å². The third-order valence-corrected chi connectivity index (χ3v) is 3.06. The van der Waals surface area contributed by atoms with Gasteiger partial charge in [0.2, 0.25) is 0 Å². The minimum atomic E-state index is 0.759. The van der Waals surface area contributed by atoms with E-state index < -0.39 is 0 Å². The molecule has 0 aliphatic carbocycles. The smallest absolute Gasteiger partial charge is 0.183 e. The standard InChI is InChI=1S/C10H18N2S/c1-7(2)5-6-11-10-12-8(3)9(4)13-10/h7H,5-6H2,1-4H3,(H,11,12). The summed E-state index contributed by atoms with van der Waals surface area (Å²) in [6, 6.07) is 0. The van der Waals surface area contributed by atoms with Crippen LogP contribution in [0.3, 0.4) is 0 Å². The lowest BCUT2D eigenvalue weighted by atomic mass is 10.1. The second kappa shape index (κ2) is 4.61. The summed E-state index contributed by atoms with van der Waals surface area (Å²) in [6.07, 6.45) is 1.21. The topological polar surface area (TPSA) is 24.9 Å². The van der Waals surface area contributed by atoms with Crippen LogP contribution in [-0.2, 0) is 0 Å². The first-order valence-electron chi connectivity index (χ1n) is 4.77. The van der Waals surface area contributed by atoms with Gasteiger partial charge in [-0.2, -0.15) is 0 Å². The molecule has 0 amide bonds. The van der Waals surface area contributed by atoms with Crippen LogP contribution in [0.2, 0.25) is 0 Å². The number of hydrogen-bond acceptors (Lipinski definition) is 3. The normalized spacial score (nSPS) is 10.8. The number of nitrogens with zero attached hydrogens (tertiary/aromatic N) is 1. The number of thiazole rings is 1. The molecule has 1 N–H and O–H groups in total. The monoisotopic (exact) mass is 198 g/mol. The summed E-state index contributed by atoms with van der Waals surface area (Å²) in [7, 11) is 0. The highest BCUT2D eigenvalue weighted by Crippen LogP contribution is 2.20. The molecule has 3 heteroatoms. The first-order chi connectivity index (χ1) is 6.09. The lowest BCUT2D eigenvalue weighted by Gasteiger charge is -2.04. The average Bonchev–Trinajstić information content (AvgIpc) is 2.30. The number of rotatable bonds is 4. The van der Waals surface area contributed by atoms with Gasteiger partial charge in [-0.3, -0.25) is 0 Å². The van der Waals surface area contributed by atoms with Crippen LogP contribution in [0.15, 0.2) is 0 Å². The lowest BCUT2D eigenvalue weighted by molar-refractivity contribution is 0.607. The number of hydrogen-bond donors (Lipinski definition) is 1. The van der Waals surface area contributed by atoms with Crippen molar-refractivity contribution in [3.63, 3.8) is 0 Å². The van der Waals surface area contributed by atoms with Crippen LogP contribution in [0.4, 0.5) is 5.13 Å². The van der Waals surface area contributed by atoms with Crippen molar-refractivity contribution in [2.75, 3.05) is 11.9 Å². The van der Waals surface area contributed by atoms with Crippen LogP contribution < -0.4 is 5.32 Å². The van der Waals surface area contributed by atoms with Gasteiger partial charge in [0, 0.05) is 11.4 Å². The van der Waals surface area contributed by atoms with E-state index in [9.17, 15) is 0 Å². The fraction of sp³-hybridized carbons (Fsp3) is 0.700. The van der Waals surface area contributed by atoms with Gasteiger partial charge in [-0.1, -0.05) is 13.8 Å². The molecule has 13 heavy (non-hydrogen) atoms. The van der Waals surface area contributed by atoms with Gasteiger partial charge in [0.25, 0.3) is 0 Å². The van der Waals surface area contributed by atoms with Crippen LogP contribution in [0.1, 0.15) is 30.8 Å². The van der Waals surface area contributed by atoms with Crippen molar-refractivity contribution < 1.29 is 0 Å². The maximum Gasteiger partial charge on any atom is 0.183 e. The van der Waals surface area contributed by atoms with Crippen molar-refractivity contribution in [2.24, 2.45) is 5.92 Å². The maximum atomic E-state index is 4.41. The predicted octanol–water partition coefficient (Wildman–Crippen LogP) is 3.22. The zero-order valence-electron chi connectivity index (χ0n) is 8.85. The average molecular weight is 198 g/mol. The van der Waals surface area contributed by atoms with E-state index in [1.54, 1.807) is 11.3 Å². The van der Waals surface area contributed by atoms with Crippen LogP contribution >= 0.6 is 11.3 Å². The second-order valence-corrected chi connectivity index (χ2v) is 4.97. The molecule has 0 unspecified atom stereocenters. The highest BCUT2D eigenvalue weighted by molar-refractivity contribution is 7.15. The van der Waals surface area contributed by atoms with Gasteiger partial charge in [-0.05, 0) is 26.2 Å². The molecular weight excluding hydrogens is 180 g/mol. The minimum Gasteiger partial charge on any atom is -0.361 e. The molecule has 2 nitrogen and oxygen atoms in total. The molecule has 0 bridgehead atoms. The Morgan fingerprint density at radius 2 is 2.08 bits per heavy atom. The summed E-state index contributed by atoms with van der Waals surface area (Å²) in [6.45, 7) is 9.67. The molecule has 0 atom stereocenters. The zero-order valence-corrected chi connectivity index (χ0v) is 9.66. The lowest BCUT2D eigenvalue weighted by Crippen LogP contribution is -2.04. The number of aromatic nitrogens is 1. The highest BCUT2D eigenvalue weighted by Gasteiger charge is 2.02. The molecule has 0 radical (unpaired) electrons. The summed E-state index contributed by atoms with van der Waals surface area (Å²) in [5.74, 6) is 0.759. The molecule has 0 saturated heterocycles. The second-order valence-electron chi connectivity index (χ2n) is 3.77. The maximum absolute atomic E-state index is 4.41. The Morgan fingerprint density at radius 3 is 2.54 bits per heavy atom. The zero-order chi connectivity index (χ0) is 9.84. The Morgan fingerprint density at radius 1 is 1.38 bits per heavy atom. The summed E-state index contributed by atoms with van der Waals surface area (Å²) >= 11 is 1.74.